The second-order valence-electron chi connectivity index (χ2n) is 3.12. The average Bonchev–Trinajstić information content (AvgIpc) is 2.16. The molecule has 1 amide bonds. The van der Waals surface area contributed by atoms with Crippen LogP contribution >= 0.6 is 0 Å². The van der Waals surface area contributed by atoms with Gasteiger partial charge in [-0.05, 0) is 30.2 Å². The molecule has 4 nitrogen and oxygen atoms in total. The standard InChI is InChI=1S/C9H9NO3S/c11-9-4-1-6-5-7(14(12)13)2-3-8(6)10-9/h2-3,5H,1,4H2,(H,10,11)(H,12,13). The van der Waals surface area contributed by atoms with E-state index < -0.39 is 11.1 Å². The van der Waals surface area contributed by atoms with Gasteiger partial charge in [0.15, 0.2) is 11.1 Å². The van der Waals surface area contributed by atoms with Gasteiger partial charge in [0.25, 0.3) is 0 Å². The Morgan fingerprint density at radius 3 is 2.86 bits per heavy atom. The SMILES string of the molecule is O=C1CCc2cc(S(=O)O)ccc2N1. The van der Waals surface area contributed by atoms with E-state index >= 15 is 0 Å². The Bertz CT molecular complexity index is 417. The van der Waals surface area contributed by atoms with Gasteiger partial charge in [0, 0.05) is 12.1 Å². The number of carbonyl (C=O) groups is 1. The van der Waals surface area contributed by atoms with E-state index in [0.717, 1.165) is 11.3 Å². The third-order valence-corrected chi connectivity index (χ3v) is 2.83. The first-order valence-corrected chi connectivity index (χ1v) is 5.31. The lowest BCUT2D eigenvalue weighted by atomic mass is 10.0. The van der Waals surface area contributed by atoms with Gasteiger partial charge in [-0.3, -0.25) is 4.79 Å². The first-order valence-electron chi connectivity index (χ1n) is 4.20. The van der Waals surface area contributed by atoms with Crippen molar-refractivity contribution >= 4 is 22.7 Å². The van der Waals surface area contributed by atoms with Crippen LogP contribution in [0.1, 0.15) is 12.0 Å². The molecule has 0 radical (unpaired) electrons. The van der Waals surface area contributed by atoms with Gasteiger partial charge in [-0.2, -0.15) is 0 Å². The summed E-state index contributed by atoms with van der Waals surface area (Å²) in [5, 5.41) is 2.71. The van der Waals surface area contributed by atoms with Crippen LogP contribution < -0.4 is 5.32 Å². The number of hydrogen-bond acceptors (Lipinski definition) is 2. The molecule has 1 unspecified atom stereocenters. The molecular formula is C9H9NO3S. The molecule has 1 aromatic carbocycles. The van der Waals surface area contributed by atoms with Crippen molar-refractivity contribution in [3.8, 4) is 0 Å². The maximum Gasteiger partial charge on any atom is 0.224 e. The summed E-state index contributed by atoms with van der Waals surface area (Å²) < 4.78 is 19.6. The van der Waals surface area contributed by atoms with Crippen LogP contribution in [0.3, 0.4) is 0 Å². The largest absolute Gasteiger partial charge is 0.326 e. The highest BCUT2D eigenvalue weighted by molar-refractivity contribution is 7.79. The van der Waals surface area contributed by atoms with Crippen LogP contribution in [0.5, 0.6) is 0 Å². The molecule has 5 heteroatoms. The molecule has 0 saturated carbocycles. The van der Waals surface area contributed by atoms with Crippen LogP contribution in [-0.2, 0) is 22.3 Å². The summed E-state index contributed by atoms with van der Waals surface area (Å²) in [5.74, 6) is -0.00429. The van der Waals surface area contributed by atoms with Crippen molar-refractivity contribution in [3.63, 3.8) is 0 Å². The van der Waals surface area contributed by atoms with Gasteiger partial charge in [0.05, 0.1) is 4.90 Å². The molecule has 0 saturated heterocycles. The number of nitrogens with one attached hydrogen (secondary N) is 1. The molecule has 1 aliphatic heterocycles. The lowest BCUT2D eigenvalue weighted by Crippen LogP contribution is -2.18. The Kier molecular flexibility index (Phi) is 2.35. The third-order valence-electron chi connectivity index (χ3n) is 2.17. The maximum atomic E-state index is 11.0. The van der Waals surface area contributed by atoms with Crippen LogP contribution in [-0.4, -0.2) is 14.7 Å². The van der Waals surface area contributed by atoms with Crippen LogP contribution in [0.4, 0.5) is 5.69 Å². The number of aryl methyl sites for hydroxylation is 1. The van der Waals surface area contributed by atoms with E-state index in [4.69, 9.17) is 4.55 Å². The van der Waals surface area contributed by atoms with Crippen molar-refractivity contribution in [3.05, 3.63) is 23.8 Å². The predicted molar refractivity (Wildman–Crippen MR) is 52.4 cm³/mol. The minimum absolute atomic E-state index is 0.00429. The van der Waals surface area contributed by atoms with Crippen molar-refractivity contribution in [2.45, 2.75) is 17.7 Å². The second kappa shape index (κ2) is 3.51. The van der Waals surface area contributed by atoms with Gasteiger partial charge in [-0.15, -0.1) is 0 Å². The van der Waals surface area contributed by atoms with Crippen molar-refractivity contribution < 1.29 is 13.6 Å². The lowest BCUT2D eigenvalue weighted by Gasteiger charge is -2.16. The lowest BCUT2D eigenvalue weighted by molar-refractivity contribution is -0.116. The molecule has 74 valence electrons. The summed E-state index contributed by atoms with van der Waals surface area (Å²) >= 11 is -1.95. The molecule has 1 heterocycles. The quantitative estimate of drug-likeness (QED) is 0.685. The maximum absolute atomic E-state index is 11.0. The number of amides is 1. The monoisotopic (exact) mass is 211 g/mol. The van der Waals surface area contributed by atoms with Crippen LogP contribution in [0.15, 0.2) is 23.1 Å². The van der Waals surface area contributed by atoms with Gasteiger partial charge in [0.1, 0.15) is 0 Å². The topological polar surface area (TPSA) is 66.4 Å². The van der Waals surface area contributed by atoms with Crippen LogP contribution in [0.2, 0.25) is 0 Å². The molecule has 14 heavy (non-hydrogen) atoms. The zero-order valence-electron chi connectivity index (χ0n) is 7.32. The average molecular weight is 211 g/mol. The minimum atomic E-state index is -1.95. The van der Waals surface area contributed by atoms with Gasteiger partial charge in [0.2, 0.25) is 5.91 Å². The first-order chi connectivity index (χ1) is 6.66. The summed E-state index contributed by atoms with van der Waals surface area (Å²) in [6, 6.07) is 4.86. The number of anilines is 1. The normalized spacial score (nSPS) is 17.1. The van der Waals surface area contributed by atoms with Gasteiger partial charge in [-0.1, -0.05) is 0 Å². The Hall–Kier alpha value is -1.20. The summed E-state index contributed by atoms with van der Waals surface area (Å²) in [6.07, 6.45) is 1.07. The van der Waals surface area contributed by atoms with E-state index in [0.29, 0.717) is 17.7 Å². The highest BCUT2D eigenvalue weighted by Gasteiger charge is 2.15. The summed E-state index contributed by atoms with van der Waals surface area (Å²) in [7, 11) is 0. The molecule has 0 aromatic heterocycles. The highest BCUT2D eigenvalue weighted by Crippen LogP contribution is 2.24. The third kappa shape index (κ3) is 1.69. The molecule has 2 N–H and O–H groups in total. The zero-order valence-corrected chi connectivity index (χ0v) is 8.13. The smallest absolute Gasteiger partial charge is 0.224 e. The van der Waals surface area contributed by atoms with E-state index in [1.165, 1.54) is 0 Å². The number of benzene rings is 1. The molecule has 1 atom stereocenters. The molecule has 0 spiro atoms. The van der Waals surface area contributed by atoms with E-state index in [-0.39, 0.29) is 5.91 Å². The van der Waals surface area contributed by atoms with Crippen LogP contribution in [0, 0.1) is 0 Å². The van der Waals surface area contributed by atoms with Gasteiger partial charge < -0.3 is 9.87 Å². The zero-order chi connectivity index (χ0) is 10.1. The van der Waals surface area contributed by atoms with Crippen molar-refractivity contribution in [1.29, 1.82) is 0 Å². The number of carbonyl (C=O) groups excluding carboxylic acids is 1. The number of rotatable bonds is 1. The predicted octanol–water partition coefficient (Wildman–Crippen LogP) is 1.15. The Balaban J connectivity index is 2.41. The molecule has 0 bridgehead atoms. The fourth-order valence-corrected chi connectivity index (χ4v) is 1.90. The Morgan fingerprint density at radius 2 is 2.14 bits per heavy atom. The molecule has 2 rings (SSSR count). The summed E-state index contributed by atoms with van der Waals surface area (Å²) in [4.78, 5) is 11.4. The molecule has 0 fully saturated rings. The van der Waals surface area contributed by atoms with Gasteiger partial charge in [-0.25, -0.2) is 4.21 Å². The molecular weight excluding hydrogens is 202 g/mol. The highest BCUT2D eigenvalue weighted by atomic mass is 32.2. The number of hydrogen-bond donors (Lipinski definition) is 2. The first kappa shape index (κ1) is 9.36. The van der Waals surface area contributed by atoms with Crippen molar-refractivity contribution in [2.24, 2.45) is 0 Å². The Labute approximate surface area is 83.6 Å². The van der Waals surface area contributed by atoms with Crippen molar-refractivity contribution in [1.82, 2.24) is 0 Å². The minimum Gasteiger partial charge on any atom is -0.326 e. The van der Waals surface area contributed by atoms with Gasteiger partial charge >= 0.3 is 0 Å². The summed E-state index contributed by atoms with van der Waals surface area (Å²) in [6.45, 7) is 0. The Morgan fingerprint density at radius 1 is 1.36 bits per heavy atom. The molecule has 0 aliphatic carbocycles. The fraction of sp³-hybridized carbons (Fsp3) is 0.222. The molecule has 1 aliphatic rings. The van der Waals surface area contributed by atoms with E-state index in [9.17, 15) is 9.00 Å². The van der Waals surface area contributed by atoms with Crippen LogP contribution in [0.25, 0.3) is 0 Å². The number of fused-ring (bicyclic) bond motifs is 1. The fourth-order valence-electron chi connectivity index (χ4n) is 1.47. The van der Waals surface area contributed by atoms with Crippen molar-refractivity contribution in [2.75, 3.05) is 5.32 Å². The van der Waals surface area contributed by atoms with E-state index in [1.54, 1.807) is 18.2 Å². The molecule has 1 aromatic rings. The van der Waals surface area contributed by atoms with E-state index in [2.05, 4.69) is 5.32 Å². The second-order valence-corrected chi connectivity index (χ2v) is 4.09. The van der Waals surface area contributed by atoms with E-state index in [1.807, 2.05) is 0 Å². The summed E-state index contributed by atoms with van der Waals surface area (Å²) in [5.41, 5.74) is 1.67.